The number of allylic oxidation sites excluding steroid dienone is 2. The first-order chi connectivity index (χ1) is 18.6. The van der Waals surface area contributed by atoms with Crippen molar-refractivity contribution in [2.75, 3.05) is 35.5 Å². The Balaban J connectivity index is 1.90. The molecule has 0 radical (unpaired) electrons. The smallest absolute Gasteiger partial charge is 0.416 e. The van der Waals surface area contributed by atoms with Gasteiger partial charge in [-0.25, -0.2) is 0 Å². The largest absolute Gasteiger partial charge is 0.493 e. The molecule has 0 aliphatic carbocycles. The predicted octanol–water partition coefficient (Wildman–Crippen LogP) is 6.90. The molecule has 9 heteroatoms. The summed E-state index contributed by atoms with van der Waals surface area (Å²) >= 11 is 0. The van der Waals surface area contributed by atoms with Crippen molar-refractivity contribution in [2.45, 2.75) is 12.6 Å². The summed E-state index contributed by atoms with van der Waals surface area (Å²) in [5.74, 6) is 2.13. The summed E-state index contributed by atoms with van der Waals surface area (Å²) in [6.45, 7) is 0. The summed E-state index contributed by atoms with van der Waals surface area (Å²) in [6.07, 6.45) is 2.62. The fraction of sp³-hybridized carbons (Fsp3) is 0.233. The third-order valence-corrected chi connectivity index (χ3v) is 5.89. The molecule has 3 aromatic rings. The summed E-state index contributed by atoms with van der Waals surface area (Å²) < 4.78 is 65.5. The molecule has 0 heterocycles. The van der Waals surface area contributed by atoms with Gasteiger partial charge in [0.1, 0.15) is 0 Å². The van der Waals surface area contributed by atoms with Crippen LogP contribution in [-0.2, 0) is 12.6 Å². The number of carbonyl (C=O) groups is 1. The van der Waals surface area contributed by atoms with E-state index in [1.807, 2.05) is 18.2 Å². The Labute approximate surface area is 225 Å². The van der Waals surface area contributed by atoms with Gasteiger partial charge >= 0.3 is 6.18 Å². The number of hydrogen-bond donors (Lipinski definition) is 0. The predicted molar refractivity (Wildman–Crippen MR) is 143 cm³/mol. The van der Waals surface area contributed by atoms with Gasteiger partial charge in [-0.05, 0) is 65.6 Å². The average molecular weight is 543 g/mol. The molecule has 0 fully saturated rings. The van der Waals surface area contributed by atoms with Crippen molar-refractivity contribution in [1.82, 2.24) is 0 Å². The van der Waals surface area contributed by atoms with Gasteiger partial charge in [0.2, 0.25) is 5.75 Å². The van der Waals surface area contributed by atoms with Gasteiger partial charge in [0.05, 0.1) is 41.1 Å². The molecule has 0 N–H and O–H groups in total. The highest BCUT2D eigenvalue weighted by Crippen LogP contribution is 2.39. The lowest BCUT2D eigenvalue weighted by Crippen LogP contribution is -2.05. The minimum atomic E-state index is -4.46. The van der Waals surface area contributed by atoms with Gasteiger partial charge in [0, 0.05) is 5.56 Å². The van der Waals surface area contributed by atoms with E-state index in [2.05, 4.69) is 0 Å². The van der Waals surface area contributed by atoms with E-state index in [0.29, 0.717) is 35.2 Å². The molecule has 0 aromatic heterocycles. The van der Waals surface area contributed by atoms with Gasteiger partial charge in [0.25, 0.3) is 0 Å². The second kappa shape index (κ2) is 12.9. The van der Waals surface area contributed by atoms with Crippen molar-refractivity contribution in [3.63, 3.8) is 0 Å². The van der Waals surface area contributed by atoms with Crippen LogP contribution >= 0.6 is 0 Å². The number of alkyl halides is 3. The standard InChI is InChI=1S/C30H29F3O6/c1-35-25-17-21(7-6-8-24(34)20-11-13-23(14-12-20)30(31,32)33)22(18-26(25)36-2)10-9-19-15-27(37-3)29(39-5)28(16-19)38-4/h6,8-18H,7H2,1-5H3/b8-6-,10-9-. The highest BCUT2D eigenvalue weighted by Gasteiger charge is 2.30. The van der Waals surface area contributed by atoms with Crippen LogP contribution in [0.25, 0.3) is 12.2 Å². The number of ether oxygens (including phenoxy) is 5. The zero-order chi connectivity index (χ0) is 28.6. The van der Waals surface area contributed by atoms with Crippen LogP contribution in [0.1, 0.15) is 32.6 Å². The molecular weight excluding hydrogens is 513 g/mol. The molecule has 0 saturated carbocycles. The third kappa shape index (κ3) is 7.13. The molecule has 0 saturated heterocycles. The molecule has 0 atom stereocenters. The van der Waals surface area contributed by atoms with Gasteiger partial charge in [-0.3, -0.25) is 4.79 Å². The summed E-state index contributed by atoms with van der Waals surface area (Å²) in [7, 11) is 7.66. The molecule has 39 heavy (non-hydrogen) atoms. The Bertz CT molecular complexity index is 1330. The Morgan fingerprint density at radius 3 is 1.82 bits per heavy atom. The minimum absolute atomic E-state index is 0.161. The zero-order valence-electron chi connectivity index (χ0n) is 22.2. The highest BCUT2D eigenvalue weighted by atomic mass is 19.4. The molecule has 206 valence electrons. The van der Waals surface area contributed by atoms with E-state index in [1.54, 1.807) is 24.3 Å². The minimum Gasteiger partial charge on any atom is -0.493 e. The van der Waals surface area contributed by atoms with Crippen molar-refractivity contribution in [3.05, 3.63) is 88.5 Å². The number of halogens is 3. The number of benzene rings is 3. The van der Waals surface area contributed by atoms with Crippen LogP contribution in [-0.4, -0.2) is 41.3 Å². The molecule has 0 aliphatic rings. The van der Waals surface area contributed by atoms with Gasteiger partial charge < -0.3 is 23.7 Å². The fourth-order valence-corrected chi connectivity index (χ4v) is 3.86. The molecule has 3 aromatic carbocycles. The second-order valence-electron chi connectivity index (χ2n) is 8.24. The second-order valence-corrected chi connectivity index (χ2v) is 8.24. The number of carbonyl (C=O) groups excluding carboxylic acids is 1. The Kier molecular flexibility index (Phi) is 9.65. The first kappa shape index (κ1) is 29.2. The van der Waals surface area contributed by atoms with Crippen LogP contribution in [0.3, 0.4) is 0 Å². The van der Waals surface area contributed by atoms with Crippen LogP contribution in [0.2, 0.25) is 0 Å². The summed E-state index contributed by atoms with van der Waals surface area (Å²) in [6, 6.07) is 11.3. The van der Waals surface area contributed by atoms with Crippen molar-refractivity contribution >= 4 is 17.9 Å². The zero-order valence-corrected chi connectivity index (χ0v) is 22.2. The van der Waals surface area contributed by atoms with Gasteiger partial charge in [-0.1, -0.05) is 30.4 Å². The van der Waals surface area contributed by atoms with Crippen LogP contribution < -0.4 is 23.7 Å². The monoisotopic (exact) mass is 542 g/mol. The van der Waals surface area contributed by atoms with Crippen molar-refractivity contribution in [1.29, 1.82) is 0 Å². The maximum Gasteiger partial charge on any atom is 0.416 e. The van der Waals surface area contributed by atoms with E-state index >= 15 is 0 Å². The van der Waals surface area contributed by atoms with Gasteiger partial charge in [-0.2, -0.15) is 13.2 Å². The Morgan fingerprint density at radius 2 is 1.31 bits per heavy atom. The normalized spacial score (nSPS) is 11.6. The summed E-state index contributed by atoms with van der Waals surface area (Å²) in [4.78, 5) is 12.5. The molecular formula is C30H29F3O6. The fourth-order valence-electron chi connectivity index (χ4n) is 3.86. The lowest BCUT2D eigenvalue weighted by molar-refractivity contribution is -0.137. The van der Waals surface area contributed by atoms with Crippen molar-refractivity contribution < 1.29 is 41.7 Å². The molecule has 0 amide bonds. The lowest BCUT2D eigenvalue weighted by atomic mass is 10.0. The number of methoxy groups -OCH3 is 5. The SMILES string of the molecule is COc1cc(/C=C\c2cc(OC)c(OC)c(OC)c2)c(C/C=C\C(=O)c2ccc(C(F)(F)F)cc2)cc1OC. The summed E-state index contributed by atoms with van der Waals surface area (Å²) in [5.41, 5.74) is 1.77. The number of rotatable bonds is 11. The van der Waals surface area contributed by atoms with Crippen LogP contribution in [0.15, 0.2) is 60.7 Å². The Morgan fingerprint density at radius 1 is 0.744 bits per heavy atom. The van der Waals surface area contributed by atoms with E-state index in [9.17, 15) is 18.0 Å². The summed E-state index contributed by atoms with van der Waals surface area (Å²) in [5, 5.41) is 0. The maximum absolute atomic E-state index is 12.8. The van der Waals surface area contributed by atoms with Gasteiger partial charge in [0.15, 0.2) is 28.8 Å². The quantitative estimate of drug-likeness (QED) is 0.149. The van der Waals surface area contributed by atoms with Crippen LogP contribution in [0.4, 0.5) is 13.2 Å². The first-order valence-electron chi connectivity index (χ1n) is 11.8. The molecule has 0 bridgehead atoms. The first-order valence-corrected chi connectivity index (χ1v) is 11.8. The molecule has 0 spiro atoms. The van der Waals surface area contributed by atoms with E-state index in [1.165, 1.54) is 41.6 Å². The topological polar surface area (TPSA) is 63.2 Å². The van der Waals surface area contributed by atoms with Crippen molar-refractivity contribution in [3.8, 4) is 28.7 Å². The number of hydrogen-bond acceptors (Lipinski definition) is 6. The molecule has 0 aliphatic heterocycles. The van der Waals surface area contributed by atoms with E-state index in [4.69, 9.17) is 23.7 Å². The van der Waals surface area contributed by atoms with E-state index in [0.717, 1.165) is 41.0 Å². The third-order valence-electron chi connectivity index (χ3n) is 5.89. The van der Waals surface area contributed by atoms with E-state index < -0.39 is 17.5 Å². The molecule has 3 rings (SSSR count). The van der Waals surface area contributed by atoms with Crippen LogP contribution in [0.5, 0.6) is 28.7 Å². The molecule has 6 nitrogen and oxygen atoms in total. The average Bonchev–Trinajstić information content (AvgIpc) is 2.94. The van der Waals surface area contributed by atoms with E-state index in [-0.39, 0.29) is 5.56 Å². The van der Waals surface area contributed by atoms with Crippen LogP contribution in [0, 0.1) is 0 Å². The highest BCUT2D eigenvalue weighted by molar-refractivity contribution is 6.04. The molecule has 0 unspecified atom stereocenters. The van der Waals surface area contributed by atoms with Crippen molar-refractivity contribution in [2.24, 2.45) is 0 Å². The lowest BCUT2D eigenvalue weighted by Gasteiger charge is -2.14. The van der Waals surface area contributed by atoms with Gasteiger partial charge in [-0.15, -0.1) is 0 Å². The number of ketones is 1. The maximum atomic E-state index is 12.8. The Hall–Kier alpha value is -4.40.